The number of hydrogen-bond donors (Lipinski definition) is 4. The molecule has 4 heterocycles. The summed E-state index contributed by atoms with van der Waals surface area (Å²) >= 11 is 0. The maximum absolute atomic E-state index is 12.0. The normalized spacial score (nSPS) is 29.9. The van der Waals surface area contributed by atoms with Gasteiger partial charge in [0.2, 0.25) is 0 Å². The number of aliphatic carboxylic acids is 1. The number of pyridine rings is 1. The third kappa shape index (κ3) is 3.39. The number of H-pyrrole nitrogens is 1. The molecule has 0 aliphatic carbocycles. The van der Waals surface area contributed by atoms with Gasteiger partial charge in [-0.25, -0.2) is 4.98 Å². The quantitative estimate of drug-likeness (QED) is 0.443. The Hall–Kier alpha value is -2.41. The molecule has 2 aliphatic rings. The van der Waals surface area contributed by atoms with E-state index in [-0.39, 0.29) is 17.9 Å². The molecule has 0 radical (unpaired) electrons. The third-order valence-electron chi connectivity index (χ3n) is 4.47. The highest BCUT2D eigenvalue weighted by atomic mass is 31.1. The summed E-state index contributed by atoms with van der Waals surface area (Å²) in [5.41, 5.74) is 5.74. The number of nitrogens with one attached hydrogen (secondary N) is 1. The van der Waals surface area contributed by atoms with Crippen molar-refractivity contribution >= 4 is 31.1 Å². The van der Waals surface area contributed by atoms with Crippen LogP contribution in [0.25, 0.3) is 11.0 Å². The second kappa shape index (κ2) is 7.20. The number of rotatable bonds is 6. The van der Waals surface area contributed by atoms with E-state index >= 15 is 0 Å². The number of carbonyl (C=O) groups is 1. The molecule has 0 spiro atoms. The maximum atomic E-state index is 12.0. The van der Waals surface area contributed by atoms with E-state index in [1.165, 1.54) is 17.0 Å². The topological polar surface area (TPSA) is 188 Å². The van der Waals surface area contributed by atoms with Crippen LogP contribution >= 0.6 is 8.25 Å². The van der Waals surface area contributed by atoms with Gasteiger partial charge in [-0.3, -0.25) is 9.59 Å². The van der Waals surface area contributed by atoms with E-state index in [9.17, 15) is 14.2 Å². The van der Waals surface area contributed by atoms with Crippen molar-refractivity contribution in [3.05, 3.63) is 22.7 Å². The number of nitrogens with two attached hydrogens (primary N) is 1. The average molecular weight is 415 g/mol. The number of ether oxygens (including phenoxy) is 3. The van der Waals surface area contributed by atoms with Crippen LogP contribution in [0.4, 0.5) is 5.82 Å². The summed E-state index contributed by atoms with van der Waals surface area (Å²) in [6, 6.07) is 1.50. The van der Waals surface area contributed by atoms with E-state index in [2.05, 4.69) is 9.97 Å². The number of aromatic nitrogens is 3. The Balaban J connectivity index is 1.67. The molecule has 0 aromatic carbocycles. The first-order valence-electron chi connectivity index (χ1n) is 8.16. The van der Waals surface area contributed by atoms with Crippen LogP contribution in [0.3, 0.4) is 0 Å². The molecule has 4 rings (SSSR count). The molecule has 0 bridgehead atoms. The fraction of sp³-hybridized carbons (Fsp3) is 0.500. The zero-order valence-electron chi connectivity index (χ0n) is 14.1. The molecule has 150 valence electrons. The molecule has 4 unspecified atom stereocenters. The van der Waals surface area contributed by atoms with Gasteiger partial charge in [0, 0.05) is 10.6 Å². The summed E-state index contributed by atoms with van der Waals surface area (Å²) in [5, 5.41) is 8.98. The summed E-state index contributed by atoms with van der Waals surface area (Å²) in [5.74, 6) is -0.987. The van der Waals surface area contributed by atoms with Crippen molar-refractivity contribution in [3.63, 3.8) is 0 Å². The van der Waals surface area contributed by atoms with E-state index in [1.807, 2.05) is 0 Å². The Labute approximate surface area is 156 Å². The van der Waals surface area contributed by atoms with Crippen LogP contribution in [0.2, 0.25) is 0 Å². The minimum Gasteiger partial charge on any atom is -0.481 e. The molecule has 28 heavy (non-hydrogen) atoms. The maximum Gasteiger partial charge on any atom is 0.694 e. The van der Waals surface area contributed by atoms with Gasteiger partial charge in [-0.2, -0.15) is 0 Å². The highest BCUT2D eigenvalue weighted by Gasteiger charge is 2.54. The van der Waals surface area contributed by atoms with E-state index < -0.39 is 57.0 Å². The van der Waals surface area contributed by atoms with E-state index in [4.69, 9.17) is 34.5 Å². The molecule has 2 aliphatic heterocycles. The molecular weight excluding hydrogens is 399 g/mol. The number of imidazole rings is 1. The number of fused-ring (bicyclic) bond motifs is 2. The minimum atomic E-state index is -2.86. The van der Waals surface area contributed by atoms with Gasteiger partial charge in [0.25, 0.3) is 5.56 Å². The smallest absolute Gasteiger partial charge is 0.481 e. The van der Waals surface area contributed by atoms with Crippen LogP contribution in [0.1, 0.15) is 12.6 Å². The summed E-state index contributed by atoms with van der Waals surface area (Å²) in [6.45, 7) is -0.276. The Kier molecular flexibility index (Phi) is 4.87. The second-order valence-corrected chi connectivity index (χ2v) is 7.00. The van der Waals surface area contributed by atoms with E-state index in [0.717, 1.165) is 0 Å². The van der Waals surface area contributed by atoms with Gasteiger partial charge >= 0.3 is 14.2 Å². The van der Waals surface area contributed by atoms with Crippen LogP contribution in [-0.4, -0.2) is 61.7 Å². The van der Waals surface area contributed by atoms with E-state index in [0.29, 0.717) is 5.52 Å². The van der Waals surface area contributed by atoms with Crippen molar-refractivity contribution in [1.82, 2.24) is 14.5 Å². The fourth-order valence-corrected chi connectivity index (χ4v) is 3.67. The third-order valence-corrected chi connectivity index (χ3v) is 4.84. The number of hydrogen-bond acceptors (Lipinski definition) is 9. The summed E-state index contributed by atoms with van der Waals surface area (Å²) in [4.78, 5) is 38.4. The van der Waals surface area contributed by atoms with Crippen molar-refractivity contribution in [2.45, 2.75) is 37.3 Å². The number of nitrogen functional groups attached to an aromatic ring is 1. The number of carboxylic acids is 1. The Morgan fingerprint density at radius 2 is 2.14 bits per heavy atom. The second-order valence-electron chi connectivity index (χ2n) is 6.27. The minimum absolute atomic E-state index is 0.123. The molecule has 5 N–H and O–H groups in total. The van der Waals surface area contributed by atoms with Crippen LogP contribution in [0.15, 0.2) is 17.2 Å². The summed E-state index contributed by atoms with van der Waals surface area (Å²) in [7, 11) is -2.86. The first-order chi connectivity index (χ1) is 13.3. The molecule has 6 atom stereocenters. The lowest BCUT2D eigenvalue weighted by Gasteiger charge is -2.20. The molecule has 2 aromatic rings. The van der Waals surface area contributed by atoms with Crippen LogP contribution in [0.5, 0.6) is 0 Å². The highest BCUT2D eigenvalue weighted by molar-refractivity contribution is 7.32. The predicted molar refractivity (Wildman–Crippen MR) is 90.2 cm³/mol. The van der Waals surface area contributed by atoms with E-state index in [1.54, 1.807) is 0 Å². The Morgan fingerprint density at radius 1 is 1.39 bits per heavy atom. The summed E-state index contributed by atoms with van der Waals surface area (Å²) in [6.07, 6.45) is -3.21. The Bertz CT molecular complexity index is 991. The molecule has 2 saturated heterocycles. The largest absolute Gasteiger partial charge is 0.694 e. The highest BCUT2D eigenvalue weighted by Crippen LogP contribution is 2.41. The molecule has 0 amide bonds. The van der Waals surface area contributed by atoms with Crippen molar-refractivity contribution in [2.24, 2.45) is 0 Å². The van der Waals surface area contributed by atoms with Gasteiger partial charge in [0.15, 0.2) is 18.0 Å². The van der Waals surface area contributed by atoms with Gasteiger partial charge < -0.3 is 34.6 Å². The zero-order chi connectivity index (χ0) is 20.0. The van der Waals surface area contributed by atoms with Gasteiger partial charge in [-0.15, -0.1) is 9.42 Å². The van der Waals surface area contributed by atoms with Crippen LogP contribution < -0.4 is 11.3 Å². The first-order valence-corrected chi connectivity index (χ1v) is 9.29. The molecule has 14 heteroatoms. The van der Waals surface area contributed by atoms with Crippen LogP contribution in [-0.2, 0) is 28.1 Å². The Morgan fingerprint density at radius 3 is 2.86 bits per heavy atom. The standard InChI is InChI=1S/C14H15N4O9P/c15-7-1-5-10(13(21)17-7)16-4-18(5)14-12-11(6(25-14)3-24-28(22)23)26-9(27-12)2-8(19)20/h1,4,6,9,11-12,14H,2-3H2,(H4-,15,17,19,20,21,22,23)/p+1/t6-,9?,11?,12?,14-/m1/s1. The first kappa shape index (κ1) is 18.9. The molecule has 2 aromatic heterocycles. The molecule has 13 nitrogen and oxygen atoms in total. The van der Waals surface area contributed by atoms with Crippen molar-refractivity contribution in [3.8, 4) is 0 Å². The van der Waals surface area contributed by atoms with Gasteiger partial charge in [0.1, 0.15) is 30.7 Å². The van der Waals surface area contributed by atoms with Crippen molar-refractivity contribution in [1.29, 1.82) is 0 Å². The lowest BCUT2D eigenvalue weighted by atomic mass is 10.1. The fourth-order valence-electron chi connectivity index (χ4n) is 3.40. The molecule has 0 saturated carbocycles. The lowest BCUT2D eigenvalue weighted by molar-refractivity contribution is -0.165. The van der Waals surface area contributed by atoms with Crippen molar-refractivity contribution in [2.75, 3.05) is 12.3 Å². The van der Waals surface area contributed by atoms with Crippen LogP contribution in [0, 0.1) is 0 Å². The zero-order valence-corrected chi connectivity index (χ0v) is 15.0. The number of anilines is 1. The predicted octanol–water partition coefficient (Wildman–Crippen LogP) is -0.545. The van der Waals surface area contributed by atoms with Gasteiger partial charge in [-0.1, -0.05) is 0 Å². The summed E-state index contributed by atoms with van der Waals surface area (Å²) < 4.78 is 34.3. The lowest BCUT2D eigenvalue weighted by Crippen LogP contribution is -2.31. The average Bonchev–Trinajstić information content (AvgIpc) is 3.26. The monoisotopic (exact) mass is 415 g/mol. The number of carboxylic acid groups (broad SMARTS) is 1. The number of nitrogens with zero attached hydrogens (tertiary/aromatic N) is 2. The SMILES string of the molecule is Nc1cc2c(ncn2[C@@H]2O[C@H](CO[P+](=O)O)C3OC(CC(=O)O)OC32)c(=O)[nH]1. The molecule has 2 fully saturated rings. The molecular formula is C14H16N4O9P+. The number of aromatic amines is 1. The van der Waals surface area contributed by atoms with Gasteiger partial charge in [0.05, 0.1) is 18.3 Å². The van der Waals surface area contributed by atoms with Gasteiger partial charge in [-0.05, 0) is 0 Å². The van der Waals surface area contributed by atoms with Crippen molar-refractivity contribution < 1.29 is 38.1 Å².